The van der Waals surface area contributed by atoms with E-state index in [2.05, 4.69) is 5.32 Å². The fraction of sp³-hybridized carbons (Fsp3) is 0.367. The van der Waals surface area contributed by atoms with Crippen molar-refractivity contribution < 1.29 is 43.5 Å². The molecule has 1 aromatic heterocycles. The Morgan fingerprint density at radius 3 is 2.62 bits per heavy atom. The van der Waals surface area contributed by atoms with Gasteiger partial charge in [-0.2, -0.15) is 0 Å². The topological polar surface area (TPSA) is 168 Å². The third-order valence-corrected chi connectivity index (χ3v) is 7.52. The number of aliphatic hydroxyl groups is 3. The zero-order valence-corrected chi connectivity index (χ0v) is 23.1. The summed E-state index contributed by atoms with van der Waals surface area (Å²) in [4.78, 5) is 41.6. The standard InChI is InChI=1S/C30H32N2O10/c1-39-10-8-32(29(37)20-13-17-5-3-4-6-22(17)41-30(20)38)21-14-19(28(36)31-7-9-33)24-18-11-16(15-34)12-23(40-2)26(18)42-27(24)25(21)35/h3-6,11-14,21,24-25,27,33-35H,7-10,15H2,1-2H3,(H,31,36)/t21-,24+,25+,27+/m1/s1. The van der Waals surface area contributed by atoms with E-state index < -0.39 is 41.6 Å². The smallest absolute Gasteiger partial charge is 0.349 e. The Balaban J connectivity index is 1.62. The molecule has 4 N–H and O–H groups in total. The zero-order valence-electron chi connectivity index (χ0n) is 23.1. The van der Waals surface area contributed by atoms with Gasteiger partial charge in [0.05, 0.1) is 38.9 Å². The van der Waals surface area contributed by atoms with Crippen molar-refractivity contribution in [1.29, 1.82) is 0 Å². The van der Waals surface area contributed by atoms with Crippen molar-refractivity contribution in [2.45, 2.75) is 30.8 Å². The number of carbonyl (C=O) groups excluding carboxylic acids is 2. The summed E-state index contributed by atoms with van der Waals surface area (Å²) < 4.78 is 22.3. The quantitative estimate of drug-likeness (QED) is 0.251. The Kier molecular flexibility index (Phi) is 8.59. The van der Waals surface area contributed by atoms with Gasteiger partial charge >= 0.3 is 5.63 Å². The molecule has 2 aliphatic rings. The molecule has 0 bridgehead atoms. The lowest BCUT2D eigenvalue weighted by Gasteiger charge is -2.40. The molecule has 12 nitrogen and oxygen atoms in total. The van der Waals surface area contributed by atoms with Crippen molar-refractivity contribution in [2.24, 2.45) is 0 Å². The maximum Gasteiger partial charge on any atom is 0.349 e. The second kappa shape index (κ2) is 12.3. The number of fused-ring (bicyclic) bond motifs is 4. The van der Waals surface area contributed by atoms with Crippen LogP contribution in [0.2, 0.25) is 0 Å². The Labute approximate surface area is 240 Å². The molecule has 0 saturated heterocycles. The minimum absolute atomic E-state index is 0.0288. The molecular formula is C30H32N2O10. The van der Waals surface area contributed by atoms with E-state index in [9.17, 15) is 29.7 Å². The van der Waals surface area contributed by atoms with Gasteiger partial charge in [0.25, 0.3) is 5.91 Å². The highest BCUT2D eigenvalue weighted by Gasteiger charge is 2.51. The van der Waals surface area contributed by atoms with Crippen LogP contribution in [-0.4, -0.2) is 90.8 Å². The second-order valence-corrected chi connectivity index (χ2v) is 9.99. The minimum Gasteiger partial charge on any atom is -0.493 e. The molecule has 42 heavy (non-hydrogen) atoms. The lowest BCUT2D eigenvalue weighted by Crippen LogP contribution is -2.56. The van der Waals surface area contributed by atoms with Crippen LogP contribution < -0.4 is 20.4 Å². The number of aliphatic hydroxyl groups excluding tert-OH is 3. The van der Waals surface area contributed by atoms with Gasteiger partial charge in [-0.15, -0.1) is 0 Å². The predicted octanol–water partition coefficient (Wildman–Crippen LogP) is 0.705. The third kappa shape index (κ3) is 5.25. The number of amides is 2. The zero-order chi connectivity index (χ0) is 30.0. The summed E-state index contributed by atoms with van der Waals surface area (Å²) in [5, 5.41) is 34.1. The Morgan fingerprint density at radius 1 is 1.12 bits per heavy atom. The van der Waals surface area contributed by atoms with Crippen molar-refractivity contribution in [3.63, 3.8) is 0 Å². The van der Waals surface area contributed by atoms with Gasteiger partial charge in [0.1, 0.15) is 23.4 Å². The van der Waals surface area contributed by atoms with Gasteiger partial charge in [-0.05, 0) is 35.9 Å². The number of rotatable bonds is 10. The predicted molar refractivity (Wildman–Crippen MR) is 149 cm³/mol. The van der Waals surface area contributed by atoms with Crippen LogP contribution in [0.5, 0.6) is 11.5 Å². The molecule has 0 saturated carbocycles. The van der Waals surface area contributed by atoms with E-state index >= 15 is 0 Å². The molecule has 5 rings (SSSR count). The van der Waals surface area contributed by atoms with E-state index in [-0.39, 0.29) is 44.0 Å². The van der Waals surface area contributed by atoms with E-state index in [0.29, 0.717) is 33.6 Å². The average molecular weight is 581 g/mol. The van der Waals surface area contributed by atoms with Crippen LogP contribution in [0.25, 0.3) is 11.0 Å². The number of benzene rings is 2. The number of nitrogens with zero attached hydrogens (tertiary/aromatic N) is 1. The molecule has 1 aliphatic carbocycles. The number of para-hydroxylation sites is 1. The number of hydrogen-bond donors (Lipinski definition) is 4. The van der Waals surface area contributed by atoms with Crippen molar-refractivity contribution in [3.8, 4) is 11.5 Å². The normalized spacial score (nSPS) is 20.7. The molecule has 1 aliphatic heterocycles. The first kappa shape index (κ1) is 29.3. The summed E-state index contributed by atoms with van der Waals surface area (Å²) in [6.45, 7) is -0.593. The van der Waals surface area contributed by atoms with Crippen molar-refractivity contribution >= 4 is 22.8 Å². The van der Waals surface area contributed by atoms with Crippen LogP contribution in [0, 0.1) is 0 Å². The largest absolute Gasteiger partial charge is 0.493 e. The summed E-state index contributed by atoms with van der Waals surface area (Å²) in [5.41, 5.74) is 0.445. The maximum absolute atomic E-state index is 14.0. The molecular weight excluding hydrogens is 548 g/mol. The fourth-order valence-electron chi connectivity index (χ4n) is 5.56. The van der Waals surface area contributed by atoms with Crippen LogP contribution >= 0.6 is 0 Å². The molecule has 0 unspecified atom stereocenters. The molecule has 2 amide bonds. The van der Waals surface area contributed by atoms with Crippen LogP contribution in [0.4, 0.5) is 0 Å². The second-order valence-electron chi connectivity index (χ2n) is 9.99. The summed E-state index contributed by atoms with van der Waals surface area (Å²) in [6.07, 6.45) is -0.906. The highest BCUT2D eigenvalue weighted by molar-refractivity contribution is 5.98. The molecule has 222 valence electrons. The van der Waals surface area contributed by atoms with E-state index in [1.54, 1.807) is 36.4 Å². The molecule has 2 heterocycles. The van der Waals surface area contributed by atoms with Gasteiger partial charge in [0, 0.05) is 36.7 Å². The van der Waals surface area contributed by atoms with Gasteiger partial charge in [0.2, 0.25) is 5.91 Å². The van der Waals surface area contributed by atoms with Gasteiger partial charge in [-0.1, -0.05) is 18.2 Å². The van der Waals surface area contributed by atoms with Crippen molar-refractivity contribution in [1.82, 2.24) is 10.2 Å². The SMILES string of the molecule is COCCN(C(=O)c1cc2ccccc2oc1=O)[C@@H]1C=C(C(=O)NCCO)[C@@H]2c3cc(CO)cc(OC)c3O[C@@H]2[C@H]1O. The molecule has 2 aromatic carbocycles. The Morgan fingerprint density at radius 2 is 1.90 bits per heavy atom. The highest BCUT2D eigenvalue weighted by atomic mass is 16.5. The lowest BCUT2D eigenvalue weighted by atomic mass is 9.77. The third-order valence-electron chi connectivity index (χ3n) is 7.52. The fourth-order valence-corrected chi connectivity index (χ4v) is 5.56. The van der Waals surface area contributed by atoms with Gasteiger partial charge in [0.15, 0.2) is 11.5 Å². The lowest BCUT2D eigenvalue weighted by molar-refractivity contribution is -0.118. The highest BCUT2D eigenvalue weighted by Crippen LogP contribution is 2.51. The van der Waals surface area contributed by atoms with Gasteiger partial charge in [-0.3, -0.25) is 9.59 Å². The van der Waals surface area contributed by atoms with Crippen LogP contribution in [0.3, 0.4) is 0 Å². The number of nitrogens with one attached hydrogen (secondary N) is 1. The number of ether oxygens (including phenoxy) is 3. The molecule has 0 radical (unpaired) electrons. The first-order valence-corrected chi connectivity index (χ1v) is 13.4. The van der Waals surface area contributed by atoms with E-state index in [0.717, 1.165) is 0 Å². The summed E-state index contributed by atoms with van der Waals surface area (Å²) in [6, 6.07) is 10.4. The van der Waals surface area contributed by atoms with Gasteiger partial charge in [-0.25, -0.2) is 4.79 Å². The van der Waals surface area contributed by atoms with Gasteiger partial charge < -0.3 is 44.2 Å². The molecule has 12 heteroatoms. The van der Waals surface area contributed by atoms with E-state index in [1.165, 1.54) is 31.3 Å². The molecule has 4 atom stereocenters. The van der Waals surface area contributed by atoms with Crippen molar-refractivity contribution in [3.05, 3.63) is 81.2 Å². The average Bonchev–Trinajstić information content (AvgIpc) is 3.40. The Hall–Kier alpha value is -4.23. The summed E-state index contributed by atoms with van der Waals surface area (Å²) >= 11 is 0. The van der Waals surface area contributed by atoms with Crippen LogP contribution in [-0.2, 0) is 16.1 Å². The summed E-state index contributed by atoms with van der Waals surface area (Å²) in [5.74, 6) is -1.43. The maximum atomic E-state index is 14.0. The van der Waals surface area contributed by atoms with Crippen molar-refractivity contribution in [2.75, 3.05) is 40.5 Å². The van der Waals surface area contributed by atoms with E-state index in [1.807, 2.05) is 0 Å². The molecule has 0 spiro atoms. The van der Waals surface area contributed by atoms with E-state index in [4.69, 9.17) is 18.6 Å². The minimum atomic E-state index is -1.35. The van der Waals surface area contributed by atoms with Crippen LogP contribution in [0.1, 0.15) is 27.4 Å². The number of carbonyl (C=O) groups is 2. The number of hydrogen-bond acceptors (Lipinski definition) is 10. The number of methoxy groups -OCH3 is 2. The molecule has 3 aromatic rings. The first-order valence-electron chi connectivity index (χ1n) is 13.4. The van der Waals surface area contributed by atoms with Crippen LogP contribution in [0.15, 0.2) is 63.3 Å². The monoisotopic (exact) mass is 580 g/mol. The molecule has 0 fully saturated rings. The summed E-state index contributed by atoms with van der Waals surface area (Å²) in [7, 11) is 2.89. The first-order chi connectivity index (χ1) is 20.3. The Bertz CT molecular complexity index is 1580.